The van der Waals surface area contributed by atoms with E-state index in [9.17, 15) is 4.79 Å². The summed E-state index contributed by atoms with van der Waals surface area (Å²) in [5.74, 6) is 2.23. The lowest BCUT2D eigenvalue weighted by atomic mass is 10.1. The molecular weight excluding hydrogens is 400 g/mol. The number of methoxy groups -OCH3 is 1. The standard InChI is InChI=1S/C19H19BrN2O4/c1-3-22(17-6-5-14(20)12-21-17)18(23)7-4-13-10-15(24-2)19-16(11-13)25-8-9-26-19/h4-7,10-12H,3,8-9H2,1-2H3/b7-4+. The first-order valence-corrected chi connectivity index (χ1v) is 9.00. The topological polar surface area (TPSA) is 60.9 Å². The average Bonchev–Trinajstić information content (AvgIpc) is 2.67. The van der Waals surface area contributed by atoms with Gasteiger partial charge in [0, 0.05) is 23.3 Å². The normalized spacial score (nSPS) is 12.9. The Morgan fingerprint density at radius 1 is 1.35 bits per heavy atom. The van der Waals surface area contributed by atoms with Gasteiger partial charge < -0.3 is 14.2 Å². The van der Waals surface area contributed by atoms with Crippen molar-refractivity contribution < 1.29 is 19.0 Å². The van der Waals surface area contributed by atoms with Gasteiger partial charge in [-0.3, -0.25) is 9.69 Å². The Kier molecular flexibility index (Phi) is 5.78. The highest BCUT2D eigenvalue weighted by molar-refractivity contribution is 9.10. The van der Waals surface area contributed by atoms with Gasteiger partial charge in [-0.05, 0) is 58.8 Å². The Morgan fingerprint density at radius 3 is 2.85 bits per heavy atom. The first kappa shape index (κ1) is 18.3. The fourth-order valence-electron chi connectivity index (χ4n) is 2.61. The minimum atomic E-state index is -0.156. The van der Waals surface area contributed by atoms with Crippen LogP contribution in [-0.2, 0) is 4.79 Å². The predicted molar refractivity (Wildman–Crippen MR) is 103 cm³/mol. The van der Waals surface area contributed by atoms with Crippen molar-refractivity contribution in [2.45, 2.75) is 6.92 Å². The van der Waals surface area contributed by atoms with E-state index in [0.29, 0.717) is 42.8 Å². The zero-order chi connectivity index (χ0) is 18.5. The zero-order valence-corrected chi connectivity index (χ0v) is 16.2. The van der Waals surface area contributed by atoms with E-state index in [1.165, 1.54) is 6.08 Å². The van der Waals surface area contributed by atoms with Crippen LogP contribution in [0.3, 0.4) is 0 Å². The molecule has 26 heavy (non-hydrogen) atoms. The molecule has 0 fully saturated rings. The summed E-state index contributed by atoms with van der Waals surface area (Å²) in [6.45, 7) is 3.40. The molecule has 1 aromatic heterocycles. The number of benzene rings is 1. The summed E-state index contributed by atoms with van der Waals surface area (Å²) in [7, 11) is 1.57. The van der Waals surface area contributed by atoms with Gasteiger partial charge in [-0.15, -0.1) is 0 Å². The van der Waals surface area contributed by atoms with Crippen LogP contribution in [0.2, 0.25) is 0 Å². The number of aromatic nitrogens is 1. The van der Waals surface area contributed by atoms with Crippen molar-refractivity contribution >= 4 is 33.7 Å². The quantitative estimate of drug-likeness (QED) is 0.692. The van der Waals surface area contributed by atoms with Crippen molar-refractivity contribution in [3.8, 4) is 17.2 Å². The fraction of sp³-hybridized carbons (Fsp3) is 0.263. The molecule has 1 aromatic carbocycles. The highest BCUT2D eigenvalue weighted by Gasteiger charge is 2.18. The molecule has 0 N–H and O–H groups in total. The van der Waals surface area contributed by atoms with Gasteiger partial charge in [0.05, 0.1) is 7.11 Å². The van der Waals surface area contributed by atoms with E-state index in [0.717, 1.165) is 10.0 Å². The molecule has 2 heterocycles. The Morgan fingerprint density at radius 2 is 2.15 bits per heavy atom. The zero-order valence-electron chi connectivity index (χ0n) is 14.6. The van der Waals surface area contributed by atoms with E-state index in [4.69, 9.17) is 14.2 Å². The molecule has 0 saturated heterocycles. The molecule has 1 amide bonds. The van der Waals surface area contributed by atoms with Gasteiger partial charge in [-0.25, -0.2) is 4.98 Å². The van der Waals surface area contributed by atoms with E-state index in [1.807, 2.05) is 25.1 Å². The monoisotopic (exact) mass is 418 g/mol. The Labute approximate surface area is 160 Å². The minimum absolute atomic E-state index is 0.156. The van der Waals surface area contributed by atoms with Crippen LogP contribution in [-0.4, -0.2) is 37.8 Å². The second-order valence-corrected chi connectivity index (χ2v) is 6.41. The number of likely N-dealkylation sites (N-methyl/N-ethyl adjacent to an activating group) is 1. The summed E-state index contributed by atoms with van der Waals surface area (Å²) in [6, 6.07) is 7.29. The molecular formula is C19H19BrN2O4. The lowest BCUT2D eigenvalue weighted by molar-refractivity contribution is -0.114. The molecule has 7 heteroatoms. The molecule has 0 spiro atoms. The summed E-state index contributed by atoms with van der Waals surface area (Å²) >= 11 is 3.34. The number of ether oxygens (including phenoxy) is 3. The van der Waals surface area contributed by atoms with Crippen LogP contribution in [0.5, 0.6) is 17.2 Å². The second-order valence-electron chi connectivity index (χ2n) is 5.50. The molecule has 1 aliphatic heterocycles. The number of pyridine rings is 1. The minimum Gasteiger partial charge on any atom is -0.493 e. The van der Waals surface area contributed by atoms with Crippen LogP contribution >= 0.6 is 15.9 Å². The van der Waals surface area contributed by atoms with Gasteiger partial charge in [0.15, 0.2) is 11.5 Å². The van der Waals surface area contributed by atoms with Crippen molar-refractivity contribution in [2.75, 3.05) is 31.8 Å². The lowest BCUT2D eigenvalue weighted by Crippen LogP contribution is -2.29. The number of hydrogen-bond acceptors (Lipinski definition) is 5. The fourth-order valence-corrected chi connectivity index (χ4v) is 2.84. The van der Waals surface area contributed by atoms with Gasteiger partial charge >= 0.3 is 0 Å². The number of nitrogens with zero attached hydrogens (tertiary/aromatic N) is 2. The van der Waals surface area contributed by atoms with Crippen LogP contribution in [0.15, 0.2) is 41.0 Å². The number of fused-ring (bicyclic) bond motifs is 1. The summed E-state index contributed by atoms with van der Waals surface area (Å²) in [5, 5.41) is 0. The van der Waals surface area contributed by atoms with E-state index >= 15 is 0 Å². The molecule has 3 rings (SSSR count). The highest BCUT2D eigenvalue weighted by atomic mass is 79.9. The van der Waals surface area contributed by atoms with Crippen LogP contribution in [0.25, 0.3) is 6.08 Å². The Bertz CT molecular complexity index is 804. The maximum atomic E-state index is 12.6. The molecule has 0 bridgehead atoms. The third-order valence-corrected chi connectivity index (χ3v) is 4.31. The molecule has 6 nitrogen and oxygen atoms in total. The van der Waals surface area contributed by atoms with E-state index in [1.54, 1.807) is 30.3 Å². The number of amides is 1. The summed E-state index contributed by atoms with van der Waals surface area (Å²) in [4.78, 5) is 18.5. The van der Waals surface area contributed by atoms with E-state index < -0.39 is 0 Å². The van der Waals surface area contributed by atoms with Gasteiger partial charge in [0.25, 0.3) is 5.91 Å². The molecule has 0 unspecified atom stereocenters. The van der Waals surface area contributed by atoms with Crippen molar-refractivity contribution in [1.82, 2.24) is 4.98 Å². The molecule has 0 radical (unpaired) electrons. The van der Waals surface area contributed by atoms with Crippen molar-refractivity contribution in [2.24, 2.45) is 0 Å². The van der Waals surface area contributed by atoms with E-state index in [2.05, 4.69) is 20.9 Å². The summed E-state index contributed by atoms with van der Waals surface area (Å²) in [5.41, 5.74) is 0.791. The number of carbonyl (C=O) groups excluding carboxylic acids is 1. The third kappa shape index (κ3) is 3.99. The smallest absolute Gasteiger partial charge is 0.252 e. The number of halogens is 1. The number of carbonyl (C=O) groups is 1. The number of hydrogen-bond donors (Lipinski definition) is 0. The maximum Gasteiger partial charge on any atom is 0.252 e. The largest absolute Gasteiger partial charge is 0.493 e. The van der Waals surface area contributed by atoms with E-state index in [-0.39, 0.29) is 5.91 Å². The molecule has 0 saturated carbocycles. The van der Waals surface area contributed by atoms with Gasteiger partial charge in [0.2, 0.25) is 5.75 Å². The second kappa shape index (κ2) is 8.23. The first-order chi connectivity index (χ1) is 12.6. The van der Waals surface area contributed by atoms with Crippen LogP contribution < -0.4 is 19.1 Å². The lowest BCUT2D eigenvalue weighted by Gasteiger charge is -2.21. The Hall–Kier alpha value is -2.54. The number of rotatable bonds is 5. The number of anilines is 1. The van der Waals surface area contributed by atoms with Crippen molar-refractivity contribution in [3.05, 3.63) is 46.6 Å². The van der Waals surface area contributed by atoms with Gasteiger partial charge in [-0.1, -0.05) is 0 Å². The third-order valence-electron chi connectivity index (χ3n) is 3.84. The van der Waals surface area contributed by atoms with Gasteiger partial charge in [-0.2, -0.15) is 0 Å². The summed E-state index contributed by atoms with van der Waals surface area (Å²) < 4.78 is 17.4. The van der Waals surface area contributed by atoms with Crippen molar-refractivity contribution in [1.29, 1.82) is 0 Å². The van der Waals surface area contributed by atoms with Crippen LogP contribution in [0, 0.1) is 0 Å². The van der Waals surface area contributed by atoms with Gasteiger partial charge in [0.1, 0.15) is 19.0 Å². The first-order valence-electron chi connectivity index (χ1n) is 8.21. The highest BCUT2D eigenvalue weighted by Crippen LogP contribution is 2.40. The van der Waals surface area contributed by atoms with Crippen molar-refractivity contribution in [3.63, 3.8) is 0 Å². The van der Waals surface area contributed by atoms with Crippen LogP contribution in [0.4, 0.5) is 5.82 Å². The molecule has 0 aliphatic carbocycles. The average molecular weight is 419 g/mol. The molecule has 2 aromatic rings. The molecule has 136 valence electrons. The molecule has 1 aliphatic rings. The molecule has 0 atom stereocenters. The van der Waals surface area contributed by atoms with Crippen LogP contribution in [0.1, 0.15) is 12.5 Å². The summed E-state index contributed by atoms with van der Waals surface area (Å²) in [6.07, 6.45) is 4.91. The SMILES string of the molecule is CCN(C(=O)/C=C/c1cc(OC)c2c(c1)OCCO2)c1ccc(Br)cn1. The Balaban J connectivity index is 1.82. The maximum absolute atomic E-state index is 12.6. The predicted octanol–water partition coefficient (Wildman–Crippen LogP) is 3.69.